The summed E-state index contributed by atoms with van der Waals surface area (Å²) in [6.07, 6.45) is 9.42. The second-order valence-corrected chi connectivity index (χ2v) is 5.06. The zero-order valence-electron chi connectivity index (χ0n) is 9.74. The highest BCUT2D eigenvalue weighted by Crippen LogP contribution is 2.45. The minimum Gasteiger partial charge on any atom is -0.387 e. The van der Waals surface area contributed by atoms with Crippen molar-refractivity contribution in [2.75, 3.05) is 17.7 Å². The van der Waals surface area contributed by atoms with Gasteiger partial charge in [-0.1, -0.05) is 0 Å². The van der Waals surface area contributed by atoms with E-state index >= 15 is 0 Å². The van der Waals surface area contributed by atoms with Crippen LogP contribution in [0, 0.1) is 11.8 Å². The number of anilines is 2. The van der Waals surface area contributed by atoms with Crippen molar-refractivity contribution in [1.82, 2.24) is 4.98 Å². The molecule has 0 aliphatic heterocycles. The highest BCUT2D eigenvalue weighted by atomic mass is 15.0. The summed E-state index contributed by atoms with van der Waals surface area (Å²) in [4.78, 5) is 4.24. The Balaban J connectivity index is 1.70. The Hall–Kier alpha value is -1.25. The first-order chi connectivity index (χ1) is 7.86. The van der Waals surface area contributed by atoms with Crippen LogP contribution in [0.25, 0.3) is 0 Å². The third kappa shape index (κ3) is 2.13. The van der Waals surface area contributed by atoms with Gasteiger partial charge in [-0.25, -0.2) is 0 Å². The molecule has 0 saturated heterocycles. The van der Waals surface area contributed by atoms with Gasteiger partial charge in [0.15, 0.2) is 0 Å². The quantitative estimate of drug-likeness (QED) is 0.796. The first kappa shape index (κ1) is 9.94. The van der Waals surface area contributed by atoms with Gasteiger partial charge in [-0.15, -0.1) is 0 Å². The van der Waals surface area contributed by atoms with Gasteiger partial charge in [0.2, 0.25) is 0 Å². The maximum absolute atomic E-state index is 4.24. The molecule has 3 rings (SSSR count). The highest BCUT2D eigenvalue weighted by molar-refractivity contribution is 5.54. The highest BCUT2D eigenvalue weighted by Gasteiger charge is 2.41. The summed E-state index contributed by atoms with van der Waals surface area (Å²) in [6.45, 7) is 0. The molecule has 1 heterocycles. The topological polar surface area (TPSA) is 37.0 Å². The Kier molecular flexibility index (Phi) is 2.46. The molecule has 86 valence electrons. The zero-order valence-corrected chi connectivity index (χ0v) is 9.74. The summed E-state index contributed by atoms with van der Waals surface area (Å²) in [6, 6.07) is 2.85. The van der Waals surface area contributed by atoms with E-state index in [0.717, 1.165) is 23.2 Å². The van der Waals surface area contributed by atoms with Crippen molar-refractivity contribution in [3.63, 3.8) is 0 Å². The lowest BCUT2D eigenvalue weighted by molar-refractivity contribution is 0.567. The molecule has 2 N–H and O–H groups in total. The molecule has 2 aliphatic rings. The molecular weight excluding hydrogens is 198 g/mol. The van der Waals surface area contributed by atoms with Gasteiger partial charge in [-0.3, -0.25) is 4.98 Å². The molecule has 3 heteroatoms. The Morgan fingerprint density at radius 2 is 1.75 bits per heavy atom. The molecule has 1 aromatic heterocycles. The predicted molar refractivity (Wildman–Crippen MR) is 66.6 cm³/mol. The second kappa shape index (κ2) is 3.96. The fourth-order valence-electron chi connectivity index (χ4n) is 2.38. The Morgan fingerprint density at radius 1 is 1.12 bits per heavy atom. The Labute approximate surface area is 96.7 Å². The number of aromatic nitrogens is 1. The molecule has 0 unspecified atom stereocenters. The maximum Gasteiger partial charge on any atom is 0.0549 e. The predicted octanol–water partition coefficient (Wildman–Crippen LogP) is 2.72. The van der Waals surface area contributed by atoms with Crippen molar-refractivity contribution in [1.29, 1.82) is 0 Å². The molecule has 2 fully saturated rings. The summed E-state index contributed by atoms with van der Waals surface area (Å²) < 4.78 is 0. The molecule has 0 spiro atoms. The van der Waals surface area contributed by atoms with Crippen LogP contribution in [0.4, 0.5) is 11.4 Å². The van der Waals surface area contributed by atoms with Gasteiger partial charge in [0.25, 0.3) is 0 Å². The van der Waals surface area contributed by atoms with Crippen molar-refractivity contribution >= 4 is 11.4 Å². The van der Waals surface area contributed by atoms with Crippen molar-refractivity contribution in [2.45, 2.75) is 31.7 Å². The molecule has 0 amide bonds. The molecular formula is C13H19N3. The summed E-state index contributed by atoms with van der Waals surface area (Å²) in [7, 11) is 1.93. The van der Waals surface area contributed by atoms with Crippen LogP contribution in [0.5, 0.6) is 0 Å². The van der Waals surface area contributed by atoms with Gasteiger partial charge < -0.3 is 10.6 Å². The lowest BCUT2D eigenvalue weighted by atomic mass is 10.1. The van der Waals surface area contributed by atoms with Gasteiger partial charge in [-0.05, 0) is 43.6 Å². The molecule has 1 aromatic rings. The SMILES string of the molecule is CNc1cncc(NC(C2CC2)C2CC2)c1. The third-order valence-electron chi connectivity index (χ3n) is 3.62. The molecule has 16 heavy (non-hydrogen) atoms. The van der Waals surface area contributed by atoms with E-state index in [-0.39, 0.29) is 0 Å². The van der Waals surface area contributed by atoms with Gasteiger partial charge in [0, 0.05) is 13.1 Å². The minimum atomic E-state index is 0.703. The van der Waals surface area contributed by atoms with Crippen LogP contribution in [0.1, 0.15) is 25.7 Å². The van der Waals surface area contributed by atoms with E-state index in [9.17, 15) is 0 Å². The van der Waals surface area contributed by atoms with Gasteiger partial charge in [0.1, 0.15) is 0 Å². The van der Waals surface area contributed by atoms with E-state index in [1.165, 1.54) is 25.7 Å². The van der Waals surface area contributed by atoms with Crippen LogP contribution in [0.15, 0.2) is 18.5 Å². The molecule has 3 nitrogen and oxygen atoms in total. The standard InChI is InChI=1S/C13H19N3/c1-14-11-6-12(8-15-7-11)16-13(9-2-3-9)10-4-5-10/h6-10,13-14,16H,2-5H2,1H3. The zero-order chi connectivity index (χ0) is 11.0. The Bertz CT molecular complexity index is 357. The molecule has 0 radical (unpaired) electrons. The normalized spacial score (nSPS) is 19.9. The van der Waals surface area contributed by atoms with E-state index < -0.39 is 0 Å². The third-order valence-corrected chi connectivity index (χ3v) is 3.62. The van der Waals surface area contributed by atoms with E-state index in [0.29, 0.717) is 6.04 Å². The molecule has 2 saturated carbocycles. The molecule has 0 bridgehead atoms. The van der Waals surface area contributed by atoms with E-state index in [1.54, 1.807) is 0 Å². The van der Waals surface area contributed by atoms with Crippen molar-refractivity contribution in [3.05, 3.63) is 18.5 Å². The summed E-state index contributed by atoms with van der Waals surface area (Å²) >= 11 is 0. The number of pyridine rings is 1. The van der Waals surface area contributed by atoms with E-state index in [2.05, 4.69) is 21.7 Å². The number of nitrogens with zero attached hydrogens (tertiary/aromatic N) is 1. The van der Waals surface area contributed by atoms with Crippen molar-refractivity contribution in [2.24, 2.45) is 11.8 Å². The average molecular weight is 217 g/mol. The summed E-state index contributed by atoms with van der Waals surface area (Å²) in [5.74, 6) is 1.84. The first-order valence-corrected chi connectivity index (χ1v) is 6.26. The van der Waals surface area contributed by atoms with Crippen LogP contribution >= 0.6 is 0 Å². The summed E-state index contributed by atoms with van der Waals surface area (Å²) in [5.41, 5.74) is 2.24. The summed E-state index contributed by atoms with van der Waals surface area (Å²) in [5, 5.41) is 6.80. The lowest BCUT2D eigenvalue weighted by Gasteiger charge is -2.19. The molecule has 0 atom stereocenters. The molecule has 2 aliphatic carbocycles. The fourth-order valence-corrected chi connectivity index (χ4v) is 2.38. The van der Waals surface area contributed by atoms with Crippen LogP contribution in [0.2, 0.25) is 0 Å². The smallest absolute Gasteiger partial charge is 0.0549 e. The number of nitrogens with one attached hydrogen (secondary N) is 2. The van der Waals surface area contributed by atoms with E-state index in [4.69, 9.17) is 0 Å². The maximum atomic E-state index is 4.24. The Morgan fingerprint density at radius 3 is 2.31 bits per heavy atom. The number of rotatable bonds is 5. The number of hydrogen-bond acceptors (Lipinski definition) is 3. The van der Waals surface area contributed by atoms with Crippen LogP contribution in [-0.2, 0) is 0 Å². The van der Waals surface area contributed by atoms with E-state index in [1.807, 2.05) is 19.4 Å². The van der Waals surface area contributed by atoms with Crippen LogP contribution in [0.3, 0.4) is 0 Å². The largest absolute Gasteiger partial charge is 0.387 e. The van der Waals surface area contributed by atoms with Crippen molar-refractivity contribution in [3.8, 4) is 0 Å². The fraction of sp³-hybridized carbons (Fsp3) is 0.615. The monoisotopic (exact) mass is 217 g/mol. The second-order valence-electron chi connectivity index (χ2n) is 5.06. The van der Waals surface area contributed by atoms with Crippen LogP contribution in [-0.4, -0.2) is 18.1 Å². The van der Waals surface area contributed by atoms with Gasteiger partial charge in [-0.2, -0.15) is 0 Å². The number of hydrogen-bond donors (Lipinski definition) is 2. The van der Waals surface area contributed by atoms with Crippen LogP contribution < -0.4 is 10.6 Å². The minimum absolute atomic E-state index is 0.703. The first-order valence-electron chi connectivity index (χ1n) is 6.26. The lowest BCUT2D eigenvalue weighted by Crippen LogP contribution is -2.24. The van der Waals surface area contributed by atoms with Gasteiger partial charge in [0.05, 0.1) is 23.8 Å². The molecule has 0 aromatic carbocycles. The average Bonchev–Trinajstić information content (AvgIpc) is 3.18. The van der Waals surface area contributed by atoms with Crippen molar-refractivity contribution < 1.29 is 0 Å². The van der Waals surface area contributed by atoms with Gasteiger partial charge >= 0.3 is 0 Å².